The van der Waals surface area contributed by atoms with Crippen molar-refractivity contribution >= 4 is 23.2 Å². The fourth-order valence-corrected chi connectivity index (χ4v) is 3.35. The monoisotopic (exact) mass is 304 g/mol. The summed E-state index contributed by atoms with van der Waals surface area (Å²) in [6.45, 7) is 5.92. The maximum absolute atomic E-state index is 3.31. The van der Waals surface area contributed by atoms with Crippen LogP contribution in [-0.2, 0) is 0 Å². The minimum atomic E-state index is 0. The van der Waals surface area contributed by atoms with Gasteiger partial charge in [0.25, 0.3) is 0 Å². The molecule has 3 heteroatoms. The van der Waals surface area contributed by atoms with Crippen LogP contribution in [0.1, 0.15) is 24.9 Å². The number of hydrogen-bond donors (Lipinski definition) is 1. The summed E-state index contributed by atoms with van der Waals surface area (Å²) in [5.74, 6) is 0.808. The molecular weight excluding hydrogens is 280 g/mol. The number of nitrogens with one attached hydrogen (secondary N) is 1. The number of nitrogens with zero attached hydrogens (tertiary/aromatic N) is 1. The molecule has 0 saturated carbocycles. The summed E-state index contributed by atoms with van der Waals surface area (Å²) >= 11 is 0. The van der Waals surface area contributed by atoms with E-state index < -0.39 is 0 Å². The van der Waals surface area contributed by atoms with Crippen molar-refractivity contribution in [3.05, 3.63) is 48.0 Å². The second-order valence-corrected chi connectivity index (χ2v) is 5.99. The highest BCUT2D eigenvalue weighted by Gasteiger charge is 2.26. The Morgan fingerprint density at radius 2 is 1.95 bits per heavy atom. The molecule has 2 aromatic carbocycles. The third kappa shape index (κ3) is 3.57. The Labute approximate surface area is 133 Å². The van der Waals surface area contributed by atoms with E-state index in [0.29, 0.717) is 6.04 Å². The molecule has 1 N–H and O–H groups in total. The van der Waals surface area contributed by atoms with Crippen molar-refractivity contribution in [1.29, 1.82) is 0 Å². The van der Waals surface area contributed by atoms with Crippen molar-refractivity contribution < 1.29 is 0 Å². The highest BCUT2D eigenvalue weighted by Crippen LogP contribution is 2.29. The number of hydrogen-bond acceptors (Lipinski definition) is 2. The summed E-state index contributed by atoms with van der Waals surface area (Å²) in [5, 5.41) is 5.99. The normalized spacial score (nSPS) is 20.4. The Kier molecular flexibility index (Phi) is 5.63. The lowest BCUT2D eigenvalue weighted by atomic mass is 10.0. The van der Waals surface area contributed by atoms with E-state index in [9.17, 15) is 0 Å². The topological polar surface area (TPSA) is 15.3 Å². The lowest BCUT2D eigenvalue weighted by molar-refractivity contribution is 0.252. The standard InChI is InChI=1S/C18H24N2.ClH/c1-14(20-10-9-15(13-20)12-19-2)17-8-7-16-5-3-4-6-18(16)11-17;/h3-8,11,14-15,19H,9-10,12-13H2,1-2H3;1H. The molecule has 3 rings (SSSR count). The molecule has 1 aliphatic rings. The van der Waals surface area contributed by atoms with Gasteiger partial charge < -0.3 is 5.32 Å². The van der Waals surface area contributed by atoms with Crippen molar-refractivity contribution in [2.24, 2.45) is 5.92 Å². The van der Waals surface area contributed by atoms with Crippen molar-refractivity contribution in [3.8, 4) is 0 Å². The maximum Gasteiger partial charge on any atom is 0.0320 e. The Morgan fingerprint density at radius 1 is 1.19 bits per heavy atom. The predicted molar refractivity (Wildman–Crippen MR) is 93.2 cm³/mol. The fourth-order valence-electron chi connectivity index (χ4n) is 3.35. The lowest BCUT2D eigenvalue weighted by Crippen LogP contribution is -2.27. The smallest absolute Gasteiger partial charge is 0.0320 e. The van der Waals surface area contributed by atoms with Crippen LogP contribution in [0.5, 0.6) is 0 Å². The molecule has 2 nitrogen and oxygen atoms in total. The molecule has 1 saturated heterocycles. The van der Waals surface area contributed by atoms with Gasteiger partial charge in [-0.25, -0.2) is 0 Å². The van der Waals surface area contributed by atoms with Crippen LogP contribution in [0.25, 0.3) is 10.8 Å². The van der Waals surface area contributed by atoms with E-state index in [0.717, 1.165) is 12.5 Å². The summed E-state index contributed by atoms with van der Waals surface area (Å²) < 4.78 is 0. The van der Waals surface area contributed by atoms with E-state index in [1.54, 1.807) is 0 Å². The molecule has 1 fully saturated rings. The SMILES string of the molecule is CNCC1CCN(C(C)c2ccc3ccccc3c2)C1.Cl. The number of likely N-dealkylation sites (tertiary alicyclic amines) is 1. The van der Waals surface area contributed by atoms with Crippen LogP contribution in [0.15, 0.2) is 42.5 Å². The number of halogens is 1. The average molecular weight is 305 g/mol. The summed E-state index contributed by atoms with van der Waals surface area (Å²) in [6, 6.07) is 16.0. The Morgan fingerprint density at radius 3 is 2.71 bits per heavy atom. The molecular formula is C18H25ClN2. The quantitative estimate of drug-likeness (QED) is 0.922. The lowest BCUT2D eigenvalue weighted by Gasteiger charge is -2.25. The van der Waals surface area contributed by atoms with Crippen LogP contribution < -0.4 is 5.32 Å². The van der Waals surface area contributed by atoms with Crippen LogP contribution in [0.3, 0.4) is 0 Å². The molecule has 0 spiro atoms. The number of rotatable bonds is 4. The van der Waals surface area contributed by atoms with E-state index in [2.05, 4.69) is 66.7 Å². The third-order valence-corrected chi connectivity index (χ3v) is 4.61. The molecule has 2 aromatic rings. The molecule has 2 unspecified atom stereocenters. The van der Waals surface area contributed by atoms with Gasteiger partial charge in [-0.15, -0.1) is 12.4 Å². The number of fused-ring (bicyclic) bond motifs is 1. The summed E-state index contributed by atoms with van der Waals surface area (Å²) in [4.78, 5) is 2.62. The molecule has 0 aromatic heterocycles. The summed E-state index contributed by atoms with van der Waals surface area (Å²) in [6.07, 6.45) is 1.32. The molecule has 0 radical (unpaired) electrons. The molecule has 0 amide bonds. The van der Waals surface area contributed by atoms with E-state index in [1.807, 2.05) is 0 Å². The zero-order valence-corrected chi connectivity index (χ0v) is 13.7. The number of benzene rings is 2. The van der Waals surface area contributed by atoms with Crippen LogP contribution in [0.2, 0.25) is 0 Å². The van der Waals surface area contributed by atoms with Gasteiger partial charge in [-0.2, -0.15) is 0 Å². The van der Waals surface area contributed by atoms with Crippen LogP contribution in [0.4, 0.5) is 0 Å². The maximum atomic E-state index is 3.31. The minimum Gasteiger partial charge on any atom is -0.319 e. The summed E-state index contributed by atoms with van der Waals surface area (Å²) in [5.41, 5.74) is 1.44. The Hall–Kier alpha value is -1.09. The Bertz CT molecular complexity index is 584. The van der Waals surface area contributed by atoms with Gasteiger partial charge in [0.05, 0.1) is 0 Å². The highest BCUT2D eigenvalue weighted by molar-refractivity contribution is 5.85. The van der Waals surface area contributed by atoms with E-state index in [-0.39, 0.29) is 12.4 Å². The first-order valence-electron chi connectivity index (χ1n) is 7.65. The zero-order valence-electron chi connectivity index (χ0n) is 12.9. The minimum absolute atomic E-state index is 0. The van der Waals surface area contributed by atoms with Crippen molar-refractivity contribution in [1.82, 2.24) is 10.2 Å². The van der Waals surface area contributed by atoms with Crippen molar-refractivity contribution in [3.63, 3.8) is 0 Å². The van der Waals surface area contributed by atoms with Gasteiger partial charge in [-0.05, 0) is 61.8 Å². The van der Waals surface area contributed by atoms with E-state index in [4.69, 9.17) is 0 Å². The zero-order chi connectivity index (χ0) is 13.9. The first-order valence-corrected chi connectivity index (χ1v) is 7.65. The van der Waals surface area contributed by atoms with Gasteiger partial charge in [-0.1, -0.05) is 36.4 Å². The van der Waals surface area contributed by atoms with Gasteiger partial charge in [0.1, 0.15) is 0 Å². The van der Waals surface area contributed by atoms with Gasteiger partial charge in [0.2, 0.25) is 0 Å². The molecule has 114 valence electrons. The van der Waals surface area contributed by atoms with Gasteiger partial charge in [-0.3, -0.25) is 4.90 Å². The molecule has 21 heavy (non-hydrogen) atoms. The predicted octanol–water partition coefficient (Wildman–Crippen LogP) is 3.86. The molecule has 1 aliphatic heterocycles. The second kappa shape index (κ2) is 7.26. The van der Waals surface area contributed by atoms with Gasteiger partial charge in [0, 0.05) is 12.6 Å². The van der Waals surface area contributed by atoms with E-state index >= 15 is 0 Å². The van der Waals surface area contributed by atoms with Crippen LogP contribution in [-0.4, -0.2) is 31.6 Å². The third-order valence-electron chi connectivity index (χ3n) is 4.61. The first-order chi connectivity index (χ1) is 9.78. The highest BCUT2D eigenvalue weighted by atomic mass is 35.5. The van der Waals surface area contributed by atoms with Crippen LogP contribution in [0, 0.1) is 5.92 Å². The van der Waals surface area contributed by atoms with Crippen molar-refractivity contribution in [2.45, 2.75) is 19.4 Å². The second-order valence-electron chi connectivity index (χ2n) is 5.99. The fraction of sp³-hybridized carbons (Fsp3) is 0.444. The molecule has 2 atom stereocenters. The largest absolute Gasteiger partial charge is 0.319 e. The van der Waals surface area contributed by atoms with Gasteiger partial charge >= 0.3 is 0 Å². The first kappa shape index (κ1) is 16.3. The Balaban J connectivity index is 0.00000161. The molecule has 0 bridgehead atoms. The van der Waals surface area contributed by atoms with E-state index in [1.165, 1.54) is 35.8 Å². The average Bonchev–Trinajstić information content (AvgIpc) is 2.95. The molecule has 0 aliphatic carbocycles. The van der Waals surface area contributed by atoms with Crippen molar-refractivity contribution in [2.75, 3.05) is 26.7 Å². The van der Waals surface area contributed by atoms with Crippen LogP contribution >= 0.6 is 12.4 Å². The molecule has 1 heterocycles. The summed E-state index contributed by atoms with van der Waals surface area (Å²) in [7, 11) is 2.05. The van der Waals surface area contributed by atoms with Gasteiger partial charge in [0.15, 0.2) is 0 Å².